The average Bonchev–Trinajstić information content (AvgIpc) is 3.59. The van der Waals surface area contributed by atoms with Gasteiger partial charge < -0.3 is 15.2 Å². The van der Waals surface area contributed by atoms with Gasteiger partial charge in [0.25, 0.3) is 5.56 Å². The summed E-state index contributed by atoms with van der Waals surface area (Å²) in [7, 11) is 0. The summed E-state index contributed by atoms with van der Waals surface area (Å²) in [5, 5.41) is 9.94. The van der Waals surface area contributed by atoms with Crippen LogP contribution in [-0.4, -0.2) is 37.2 Å². The Hall–Kier alpha value is -4.41. The van der Waals surface area contributed by atoms with Gasteiger partial charge in [0, 0.05) is 34.6 Å². The number of amides is 1. The van der Waals surface area contributed by atoms with E-state index in [1.54, 1.807) is 32.3 Å². The van der Waals surface area contributed by atoms with Gasteiger partial charge in [-0.1, -0.05) is 53.2 Å². The highest BCUT2D eigenvalue weighted by Crippen LogP contribution is 2.27. The molecule has 7 rings (SSSR count). The predicted molar refractivity (Wildman–Crippen MR) is 166 cm³/mol. The number of benzene rings is 3. The molecule has 3 aromatic carbocycles. The van der Waals surface area contributed by atoms with Crippen molar-refractivity contribution in [3.63, 3.8) is 0 Å². The zero-order chi connectivity index (χ0) is 29.4. The molecule has 0 unspecified atom stereocenters. The zero-order valence-corrected chi connectivity index (χ0v) is 25.0. The van der Waals surface area contributed by atoms with E-state index in [0.29, 0.717) is 59.6 Å². The summed E-state index contributed by atoms with van der Waals surface area (Å²) in [5.41, 5.74) is 12.2. The lowest BCUT2D eigenvalue weighted by Gasteiger charge is -2.26. The van der Waals surface area contributed by atoms with Gasteiger partial charge in [-0.15, -0.1) is 0 Å². The number of fused-ring (bicyclic) bond motifs is 4. The summed E-state index contributed by atoms with van der Waals surface area (Å²) in [6.07, 6.45) is 3.69. The minimum atomic E-state index is -0.121. The van der Waals surface area contributed by atoms with E-state index in [1.807, 2.05) is 61.5 Å². The largest absolute Gasteiger partial charge is 0.380 e. The van der Waals surface area contributed by atoms with Gasteiger partial charge in [0.05, 0.1) is 34.5 Å². The van der Waals surface area contributed by atoms with Crippen molar-refractivity contribution < 1.29 is 9.32 Å². The Morgan fingerprint density at radius 2 is 1.93 bits per heavy atom. The standard InChI is InChI=1S/C24H20N6O3.C7H6BrCl/c25-22-19-7-6-17(11-21(19)33-27-22)29-23-16(10-15-4-2-1-3-5-15)12-26-30(23)20-13-28(14-31)9-8-18(20)24(29)32;1-5-2-3-6(8)7(9)4-5/h1-7,11-12,14H,8-10,13H2,(H2,25,27);2-4H,1H3. The second kappa shape index (κ2) is 11.5. The lowest BCUT2D eigenvalue weighted by atomic mass is 10.0. The highest BCUT2D eigenvalue weighted by molar-refractivity contribution is 9.10. The number of aromatic nitrogens is 4. The van der Waals surface area contributed by atoms with Crippen LogP contribution in [0.1, 0.15) is 27.9 Å². The summed E-state index contributed by atoms with van der Waals surface area (Å²) < 4.78 is 9.78. The second-order valence-electron chi connectivity index (χ2n) is 10.1. The lowest BCUT2D eigenvalue weighted by Crippen LogP contribution is -2.37. The van der Waals surface area contributed by atoms with Gasteiger partial charge in [-0.3, -0.25) is 14.2 Å². The summed E-state index contributed by atoms with van der Waals surface area (Å²) >= 11 is 9.06. The highest BCUT2D eigenvalue weighted by Gasteiger charge is 2.26. The third-order valence-electron chi connectivity index (χ3n) is 7.30. The molecule has 4 heterocycles. The normalized spacial score (nSPS) is 12.7. The van der Waals surface area contributed by atoms with E-state index in [4.69, 9.17) is 21.9 Å². The smallest absolute Gasteiger partial charge is 0.261 e. The molecular weight excluding hydrogens is 620 g/mol. The first-order chi connectivity index (χ1) is 20.3. The molecule has 42 heavy (non-hydrogen) atoms. The van der Waals surface area contributed by atoms with E-state index < -0.39 is 0 Å². The molecule has 0 bridgehead atoms. The number of hydrogen-bond donors (Lipinski definition) is 1. The number of nitrogens with zero attached hydrogens (tertiary/aromatic N) is 5. The number of nitrogens with two attached hydrogens (primary N) is 1. The van der Waals surface area contributed by atoms with E-state index in [9.17, 15) is 9.59 Å². The van der Waals surface area contributed by atoms with E-state index in [-0.39, 0.29) is 5.56 Å². The molecule has 0 saturated heterocycles. The number of halogens is 2. The molecule has 1 aliphatic rings. The Kier molecular flexibility index (Phi) is 7.57. The topological polar surface area (TPSA) is 112 Å². The van der Waals surface area contributed by atoms with Crippen LogP contribution in [0.4, 0.5) is 5.82 Å². The van der Waals surface area contributed by atoms with Crippen molar-refractivity contribution in [2.45, 2.75) is 26.3 Å². The number of hydrogen-bond acceptors (Lipinski definition) is 6. The number of rotatable bonds is 4. The van der Waals surface area contributed by atoms with Crippen molar-refractivity contribution in [2.75, 3.05) is 12.3 Å². The Morgan fingerprint density at radius 1 is 1.12 bits per heavy atom. The molecule has 9 nitrogen and oxygen atoms in total. The molecule has 0 aliphatic carbocycles. The quantitative estimate of drug-likeness (QED) is 0.245. The fraction of sp³-hybridized carbons (Fsp3) is 0.161. The van der Waals surface area contributed by atoms with Gasteiger partial charge in [0.2, 0.25) is 6.41 Å². The van der Waals surface area contributed by atoms with Gasteiger partial charge in [-0.2, -0.15) is 5.10 Å². The molecular formula is C31H26BrClN6O3. The fourth-order valence-corrected chi connectivity index (χ4v) is 5.67. The number of carbonyl (C=O) groups is 1. The van der Waals surface area contributed by atoms with Crippen LogP contribution in [0.3, 0.4) is 0 Å². The molecule has 0 radical (unpaired) electrons. The first kappa shape index (κ1) is 27.7. The minimum Gasteiger partial charge on any atom is -0.380 e. The van der Waals surface area contributed by atoms with E-state index in [1.165, 1.54) is 5.56 Å². The molecule has 0 spiro atoms. The molecule has 1 aliphatic heterocycles. The molecule has 11 heteroatoms. The maximum atomic E-state index is 13.8. The molecule has 212 valence electrons. The SMILES string of the molecule is Cc1ccc(Br)c(Cl)c1.Nc1noc2cc(-n3c(=O)c4c(n5ncc(Cc6ccccc6)c35)CN(C=O)CC4)ccc12. The van der Waals surface area contributed by atoms with Crippen LogP contribution in [-0.2, 0) is 24.2 Å². The van der Waals surface area contributed by atoms with Gasteiger partial charge in [0.15, 0.2) is 11.4 Å². The van der Waals surface area contributed by atoms with Crippen LogP contribution in [0.15, 0.2) is 86.7 Å². The zero-order valence-electron chi connectivity index (χ0n) is 22.6. The number of aryl methyl sites for hydroxylation is 1. The molecule has 0 atom stereocenters. The van der Waals surface area contributed by atoms with E-state index >= 15 is 0 Å². The molecule has 1 amide bonds. The Balaban J connectivity index is 0.000000302. The summed E-state index contributed by atoms with van der Waals surface area (Å²) in [5.74, 6) is 0.308. The Morgan fingerprint density at radius 3 is 2.67 bits per heavy atom. The minimum absolute atomic E-state index is 0.121. The average molecular weight is 646 g/mol. The summed E-state index contributed by atoms with van der Waals surface area (Å²) in [6.45, 7) is 2.85. The Labute approximate surface area is 254 Å². The van der Waals surface area contributed by atoms with Crippen molar-refractivity contribution in [3.05, 3.63) is 121 Å². The predicted octanol–water partition coefficient (Wildman–Crippen LogP) is 5.72. The van der Waals surface area contributed by atoms with Crippen LogP contribution >= 0.6 is 27.5 Å². The highest BCUT2D eigenvalue weighted by atomic mass is 79.9. The third-order valence-corrected chi connectivity index (χ3v) is 8.53. The van der Waals surface area contributed by atoms with Crippen LogP contribution in [0.5, 0.6) is 0 Å². The molecule has 3 aromatic heterocycles. The van der Waals surface area contributed by atoms with Gasteiger partial charge in [0.1, 0.15) is 5.65 Å². The molecule has 6 aromatic rings. The summed E-state index contributed by atoms with van der Waals surface area (Å²) in [6, 6.07) is 21.3. The van der Waals surface area contributed by atoms with Crippen molar-refractivity contribution >= 4 is 56.4 Å². The van der Waals surface area contributed by atoms with Crippen molar-refractivity contribution in [2.24, 2.45) is 0 Å². The number of anilines is 1. The van der Waals surface area contributed by atoms with Gasteiger partial charge in [-0.05, 0) is 64.7 Å². The molecule has 0 fully saturated rings. The van der Waals surface area contributed by atoms with E-state index in [0.717, 1.165) is 32.7 Å². The van der Waals surface area contributed by atoms with Crippen LogP contribution in [0.2, 0.25) is 5.02 Å². The van der Waals surface area contributed by atoms with Gasteiger partial charge in [-0.25, -0.2) is 4.52 Å². The van der Waals surface area contributed by atoms with Crippen molar-refractivity contribution in [1.82, 2.24) is 24.2 Å². The maximum Gasteiger partial charge on any atom is 0.261 e. The number of carbonyl (C=O) groups excluding carboxylic acids is 1. The number of nitrogen functional groups attached to an aromatic ring is 1. The first-order valence-electron chi connectivity index (χ1n) is 13.3. The van der Waals surface area contributed by atoms with Crippen LogP contribution < -0.4 is 11.3 Å². The fourth-order valence-electron chi connectivity index (χ4n) is 5.19. The monoisotopic (exact) mass is 644 g/mol. The second-order valence-corrected chi connectivity index (χ2v) is 11.4. The van der Waals surface area contributed by atoms with Crippen molar-refractivity contribution in [1.29, 1.82) is 0 Å². The molecule has 2 N–H and O–H groups in total. The Bertz CT molecular complexity index is 2000. The van der Waals surface area contributed by atoms with Crippen LogP contribution in [0.25, 0.3) is 22.3 Å². The van der Waals surface area contributed by atoms with Crippen LogP contribution in [0, 0.1) is 6.92 Å². The first-order valence-corrected chi connectivity index (χ1v) is 14.4. The third kappa shape index (κ3) is 5.19. The van der Waals surface area contributed by atoms with Gasteiger partial charge >= 0.3 is 0 Å². The van der Waals surface area contributed by atoms with E-state index in [2.05, 4.69) is 26.2 Å². The van der Waals surface area contributed by atoms with Crippen molar-refractivity contribution in [3.8, 4) is 5.69 Å². The maximum absolute atomic E-state index is 13.8. The molecule has 0 saturated carbocycles. The lowest BCUT2D eigenvalue weighted by molar-refractivity contribution is -0.119. The summed E-state index contributed by atoms with van der Waals surface area (Å²) in [4.78, 5) is 26.9.